The summed E-state index contributed by atoms with van der Waals surface area (Å²) in [5, 5.41) is 12.0. The van der Waals surface area contributed by atoms with Gasteiger partial charge < -0.3 is 10.1 Å². The Morgan fingerprint density at radius 3 is 2.75 bits per heavy atom. The molecule has 0 aliphatic carbocycles. The van der Waals surface area contributed by atoms with Crippen LogP contribution >= 0.6 is 35.0 Å². The molecule has 0 bridgehead atoms. The Kier molecular flexibility index (Phi) is 8.11. The molecule has 168 valence electrons. The predicted molar refractivity (Wildman–Crippen MR) is 121 cm³/mol. The van der Waals surface area contributed by atoms with Crippen LogP contribution in [0.15, 0.2) is 54.2 Å². The molecule has 0 fully saturated rings. The van der Waals surface area contributed by atoms with E-state index in [4.69, 9.17) is 27.9 Å². The van der Waals surface area contributed by atoms with Crippen molar-refractivity contribution in [3.05, 3.63) is 76.6 Å². The van der Waals surface area contributed by atoms with Gasteiger partial charge in [-0.1, -0.05) is 41.0 Å². The molecule has 32 heavy (non-hydrogen) atoms. The first kappa shape index (κ1) is 24.0. The van der Waals surface area contributed by atoms with Gasteiger partial charge in [-0.3, -0.25) is 9.36 Å². The Hall–Kier alpha value is -2.62. The third kappa shape index (κ3) is 5.99. The van der Waals surface area contributed by atoms with Crippen molar-refractivity contribution in [1.82, 2.24) is 14.8 Å². The number of halogens is 4. The van der Waals surface area contributed by atoms with E-state index in [-0.39, 0.29) is 11.4 Å². The molecule has 1 N–H and O–H groups in total. The van der Waals surface area contributed by atoms with E-state index in [2.05, 4.69) is 22.1 Å². The van der Waals surface area contributed by atoms with Gasteiger partial charge in [0.15, 0.2) is 17.1 Å². The first-order chi connectivity index (χ1) is 15.3. The number of nitrogens with one attached hydrogen (secondary N) is 1. The Balaban J connectivity index is 1.69. The molecule has 6 nitrogen and oxygen atoms in total. The fraction of sp³-hybridized carbons (Fsp3) is 0.190. The van der Waals surface area contributed by atoms with Gasteiger partial charge in [0.25, 0.3) is 0 Å². The van der Waals surface area contributed by atoms with Crippen LogP contribution in [-0.4, -0.2) is 26.4 Å². The lowest BCUT2D eigenvalue weighted by atomic mass is 10.3. The summed E-state index contributed by atoms with van der Waals surface area (Å²) in [6.45, 7) is 5.90. The number of thioether (sulfide) groups is 1. The van der Waals surface area contributed by atoms with Gasteiger partial charge in [0.1, 0.15) is 17.4 Å². The average Bonchev–Trinajstić information content (AvgIpc) is 3.13. The van der Waals surface area contributed by atoms with Crippen molar-refractivity contribution in [2.24, 2.45) is 0 Å². The van der Waals surface area contributed by atoms with Crippen LogP contribution in [0.2, 0.25) is 10.0 Å². The molecule has 2 aromatic carbocycles. The number of hydrogen-bond donors (Lipinski definition) is 1. The van der Waals surface area contributed by atoms with Gasteiger partial charge in [-0.05, 0) is 37.3 Å². The van der Waals surface area contributed by atoms with Crippen LogP contribution in [0.1, 0.15) is 18.9 Å². The number of benzene rings is 2. The zero-order chi connectivity index (χ0) is 23.3. The minimum absolute atomic E-state index is 0.0651. The minimum atomic E-state index is -0.854. The van der Waals surface area contributed by atoms with Crippen LogP contribution in [0.5, 0.6) is 5.75 Å². The second-order valence-electron chi connectivity index (χ2n) is 6.54. The highest BCUT2D eigenvalue weighted by atomic mass is 35.5. The molecule has 0 aliphatic rings. The van der Waals surface area contributed by atoms with Crippen LogP contribution in [0.25, 0.3) is 0 Å². The predicted octanol–water partition coefficient (Wildman–Crippen LogP) is 5.92. The normalized spacial score (nSPS) is 11.8. The number of nitrogens with zero attached hydrogens (tertiary/aromatic N) is 3. The lowest BCUT2D eigenvalue weighted by Crippen LogP contribution is -2.16. The van der Waals surface area contributed by atoms with Crippen LogP contribution in [0.3, 0.4) is 0 Å². The quantitative estimate of drug-likeness (QED) is 0.293. The lowest BCUT2D eigenvalue weighted by molar-refractivity contribution is -0.113. The molecule has 1 unspecified atom stereocenters. The van der Waals surface area contributed by atoms with E-state index in [0.717, 1.165) is 23.9 Å². The number of carbonyl (C=O) groups excluding carboxylic acids is 1. The highest BCUT2D eigenvalue weighted by Crippen LogP contribution is 2.31. The monoisotopic (exact) mass is 498 g/mol. The largest absolute Gasteiger partial charge is 0.481 e. The molecule has 3 aromatic rings. The van der Waals surface area contributed by atoms with E-state index >= 15 is 0 Å². The maximum absolute atomic E-state index is 13.7. The van der Waals surface area contributed by atoms with Crippen molar-refractivity contribution in [2.45, 2.75) is 24.7 Å². The number of anilines is 1. The van der Waals surface area contributed by atoms with Crippen molar-refractivity contribution in [3.8, 4) is 5.75 Å². The number of carbonyl (C=O) groups is 1. The molecule has 0 spiro atoms. The summed E-state index contributed by atoms with van der Waals surface area (Å²) in [6.07, 6.45) is 1.14. The molecule has 0 saturated carbocycles. The zero-order valence-electron chi connectivity index (χ0n) is 16.8. The number of rotatable bonds is 9. The SMILES string of the molecule is C=CCn1c(SCC(=O)Nc2ccc(F)cc2F)nnc1C(C)Oc1ccc(Cl)cc1Cl. The molecule has 0 radical (unpaired) electrons. The maximum atomic E-state index is 13.7. The first-order valence-electron chi connectivity index (χ1n) is 9.32. The van der Waals surface area contributed by atoms with Gasteiger partial charge in [-0.15, -0.1) is 16.8 Å². The molecule has 0 aliphatic heterocycles. The molecular weight excluding hydrogens is 481 g/mol. The van der Waals surface area contributed by atoms with E-state index in [1.165, 1.54) is 0 Å². The smallest absolute Gasteiger partial charge is 0.234 e. The summed E-state index contributed by atoms with van der Waals surface area (Å²) in [7, 11) is 0. The Morgan fingerprint density at radius 1 is 1.28 bits per heavy atom. The fourth-order valence-electron chi connectivity index (χ4n) is 2.73. The number of aromatic nitrogens is 3. The van der Waals surface area contributed by atoms with Crippen LogP contribution in [-0.2, 0) is 11.3 Å². The number of allylic oxidation sites excluding steroid dienone is 1. The number of ether oxygens (including phenoxy) is 1. The summed E-state index contributed by atoms with van der Waals surface area (Å²) in [6, 6.07) is 7.81. The van der Waals surface area contributed by atoms with E-state index in [9.17, 15) is 13.6 Å². The Morgan fingerprint density at radius 2 is 2.06 bits per heavy atom. The fourth-order valence-corrected chi connectivity index (χ4v) is 3.94. The van der Waals surface area contributed by atoms with Gasteiger partial charge in [0, 0.05) is 17.6 Å². The van der Waals surface area contributed by atoms with Crippen molar-refractivity contribution in [1.29, 1.82) is 0 Å². The number of hydrogen-bond acceptors (Lipinski definition) is 5. The summed E-state index contributed by atoms with van der Waals surface area (Å²) in [4.78, 5) is 12.2. The Bertz CT molecular complexity index is 1140. The molecule has 11 heteroatoms. The third-order valence-electron chi connectivity index (χ3n) is 4.16. The highest BCUT2D eigenvalue weighted by molar-refractivity contribution is 7.99. The van der Waals surface area contributed by atoms with Crippen LogP contribution in [0.4, 0.5) is 14.5 Å². The second-order valence-corrected chi connectivity index (χ2v) is 8.32. The molecule has 1 aromatic heterocycles. The van der Waals surface area contributed by atoms with Crippen molar-refractivity contribution in [2.75, 3.05) is 11.1 Å². The third-order valence-corrected chi connectivity index (χ3v) is 5.65. The Labute approximate surface area is 197 Å². The van der Waals surface area contributed by atoms with E-state index < -0.39 is 23.6 Å². The molecule has 1 heterocycles. The first-order valence-corrected chi connectivity index (χ1v) is 11.1. The maximum Gasteiger partial charge on any atom is 0.234 e. The highest BCUT2D eigenvalue weighted by Gasteiger charge is 2.21. The van der Waals surface area contributed by atoms with Gasteiger partial charge in [-0.25, -0.2) is 8.78 Å². The standard InChI is InChI=1S/C21H18Cl2F2N4O2S/c1-3-8-29-20(12(2)31-18-7-4-13(22)9-15(18)23)27-28-21(29)32-11-19(30)26-17-6-5-14(24)10-16(17)25/h3-7,9-10,12H,1,8,11H2,2H3,(H,26,30). The summed E-state index contributed by atoms with van der Waals surface area (Å²) in [5.74, 6) is -1.18. The molecule has 3 rings (SSSR count). The van der Waals surface area contributed by atoms with Gasteiger partial charge in [0.2, 0.25) is 5.91 Å². The zero-order valence-corrected chi connectivity index (χ0v) is 19.1. The number of amides is 1. The van der Waals surface area contributed by atoms with Gasteiger partial charge in [-0.2, -0.15) is 0 Å². The topological polar surface area (TPSA) is 69.0 Å². The lowest BCUT2D eigenvalue weighted by Gasteiger charge is -2.16. The van der Waals surface area contributed by atoms with Crippen molar-refractivity contribution < 1.29 is 18.3 Å². The van der Waals surface area contributed by atoms with Crippen LogP contribution in [0, 0.1) is 11.6 Å². The summed E-state index contributed by atoms with van der Waals surface area (Å²) in [5.41, 5.74) is -0.105. The van der Waals surface area contributed by atoms with Crippen molar-refractivity contribution >= 4 is 46.6 Å². The van der Waals surface area contributed by atoms with E-state index in [1.807, 2.05) is 0 Å². The minimum Gasteiger partial charge on any atom is -0.481 e. The molecular formula is C21H18Cl2F2N4O2S. The van der Waals surface area contributed by atoms with E-state index in [1.54, 1.807) is 35.8 Å². The average molecular weight is 499 g/mol. The summed E-state index contributed by atoms with van der Waals surface area (Å²) < 4.78 is 34.4. The van der Waals surface area contributed by atoms with E-state index in [0.29, 0.717) is 39.4 Å². The van der Waals surface area contributed by atoms with Gasteiger partial charge >= 0.3 is 0 Å². The van der Waals surface area contributed by atoms with Crippen molar-refractivity contribution in [3.63, 3.8) is 0 Å². The second kappa shape index (κ2) is 10.8. The molecule has 1 atom stereocenters. The summed E-state index contributed by atoms with van der Waals surface area (Å²) >= 11 is 13.2. The molecule has 1 amide bonds. The molecule has 0 saturated heterocycles. The van der Waals surface area contributed by atoms with Gasteiger partial charge in [0.05, 0.1) is 16.5 Å². The van der Waals surface area contributed by atoms with Crippen LogP contribution < -0.4 is 10.1 Å².